The molecule has 5 nitrogen and oxygen atoms in total. The van der Waals surface area contributed by atoms with Gasteiger partial charge in [0, 0.05) is 12.1 Å². The number of hydrogen-bond acceptors (Lipinski definition) is 3. The summed E-state index contributed by atoms with van der Waals surface area (Å²) in [5.74, 6) is 0.0906. The highest BCUT2D eigenvalue weighted by Crippen LogP contribution is 2.38. The molecule has 3 N–H and O–H groups in total. The highest BCUT2D eigenvalue weighted by atomic mass is 16.4. The first-order valence-corrected chi connectivity index (χ1v) is 7.65. The number of nitrogens with two attached hydrogens (primary N) is 1. The molecule has 0 aromatic rings. The van der Waals surface area contributed by atoms with Crippen LogP contribution in [-0.4, -0.2) is 33.9 Å². The van der Waals surface area contributed by atoms with Crippen LogP contribution in [-0.2, 0) is 4.79 Å². The molecule has 0 atom stereocenters. The van der Waals surface area contributed by atoms with Crippen molar-refractivity contribution in [2.45, 2.75) is 71.8 Å². The van der Waals surface area contributed by atoms with E-state index in [9.17, 15) is 4.79 Å². The van der Waals surface area contributed by atoms with E-state index in [4.69, 9.17) is 10.9 Å². The number of amides is 1. The van der Waals surface area contributed by atoms with Gasteiger partial charge < -0.3 is 15.8 Å². The normalized spacial score (nSPS) is 19.4. The summed E-state index contributed by atoms with van der Waals surface area (Å²) >= 11 is 0. The second-order valence-electron chi connectivity index (χ2n) is 6.44. The molecule has 1 aliphatic rings. The Kier molecular flexibility index (Phi) is 5.42. The van der Waals surface area contributed by atoms with Gasteiger partial charge in [0.1, 0.15) is 5.41 Å². The third-order valence-electron chi connectivity index (χ3n) is 4.51. The quantitative estimate of drug-likeness (QED) is 0.340. The third kappa shape index (κ3) is 2.91. The van der Waals surface area contributed by atoms with Crippen molar-refractivity contribution in [2.24, 2.45) is 16.3 Å². The van der Waals surface area contributed by atoms with Crippen LogP contribution in [0.1, 0.15) is 66.2 Å². The molecular weight excluding hydrogens is 254 g/mol. The second-order valence-corrected chi connectivity index (χ2v) is 6.44. The van der Waals surface area contributed by atoms with Crippen molar-refractivity contribution in [1.82, 2.24) is 4.90 Å². The maximum atomic E-state index is 13.1. The largest absolute Gasteiger partial charge is 0.409 e. The number of carbonyl (C=O) groups is 1. The van der Waals surface area contributed by atoms with Crippen molar-refractivity contribution in [2.75, 3.05) is 6.54 Å². The molecule has 1 amide bonds. The molecule has 5 heteroatoms. The van der Waals surface area contributed by atoms with Gasteiger partial charge in [-0.05, 0) is 39.5 Å². The van der Waals surface area contributed by atoms with E-state index in [0.29, 0.717) is 12.8 Å². The van der Waals surface area contributed by atoms with Gasteiger partial charge in [-0.2, -0.15) is 0 Å². The van der Waals surface area contributed by atoms with Crippen LogP contribution < -0.4 is 5.73 Å². The minimum absolute atomic E-state index is 0.0269. The molecule has 0 aromatic carbocycles. The molecule has 0 saturated carbocycles. The highest BCUT2D eigenvalue weighted by molar-refractivity contribution is 6.07. The Morgan fingerprint density at radius 2 is 1.90 bits per heavy atom. The number of rotatable bonds is 6. The van der Waals surface area contributed by atoms with Crippen molar-refractivity contribution in [3.8, 4) is 0 Å². The predicted molar refractivity (Wildman–Crippen MR) is 80.7 cm³/mol. The second kappa shape index (κ2) is 6.46. The standard InChI is InChI=1S/C15H29N3O2/c1-5-8-15(9-6-2,12(16)17-20)13(19)18-11-7-10-14(18,3)4/h20H,5-11H2,1-4H3,(H2,16,17). The molecule has 1 aliphatic heterocycles. The number of nitrogens with zero attached hydrogens (tertiary/aromatic N) is 2. The molecule has 0 aromatic heterocycles. The van der Waals surface area contributed by atoms with Crippen LogP contribution in [0, 0.1) is 5.41 Å². The van der Waals surface area contributed by atoms with Crippen molar-refractivity contribution >= 4 is 11.7 Å². The average Bonchev–Trinajstić information content (AvgIpc) is 2.76. The minimum atomic E-state index is -0.847. The summed E-state index contributed by atoms with van der Waals surface area (Å²) in [7, 11) is 0. The topological polar surface area (TPSA) is 78.9 Å². The Balaban J connectivity index is 3.18. The molecule has 1 fully saturated rings. The first kappa shape index (κ1) is 16.8. The van der Waals surface area contributed by atoms with E-state index in [0.717, 1.165) is 32.2 Å². The lowest BCUT2D eigenvalue weighted by Crippen LogP contribution is -2.55. The van der Waals surface area contributed by atoms with E-state index < -0.39 is 5.41 Å². The Hall–Kier alpha value is -1.26. The number of carbonyl (C=O) groups excluding carboxylic acids is 1. The zero-order valence-corrected chi connectivity index (χ0v) is 13.3. The van der Waals surface area contributed by atoms with E-state index in [1.54, 1.807) is 0 Å². The summed E-state index contributed by atoms with van der Waals surface area (Å²) in [5.41, 5.74) is 4.95. The monoisotopic (exact) mass is 283 g/mol. The summed E-state index contributed by atoms with van der Waals surface area (Å²) in [6.45, 7) is 8.99. The van der Waals surface area contributed by atoms with Crippen molar-refractivity contribution in [1.29, 1.82) is 0 Å². The van der Waals surface area contributed by atoms with Crippen LogP contribution in [0.15, 0.2) is 5.16 Å². The van der Waals surface area contributed by atoms with E-state index in [-0.39, 0.29) is 17.3 Å². The lowest BCUT2D eigenvalue weighted by atomic mass is 9.76. The van der Waals surface area contributed by atoms with Gasteiger partial charge in [0.15, 0.2) is 5.84 Å². The molecule has 0 bridgehead atoms. The van der Waals surface area contributed by atoms with Crippen LogP contribution in [0.4, 0.5) is 0 Å². The van der Waals surface area contributed by atoms with Gasteiger partial charge in [0.05, 0.1) is 0 Å². The molecule has 0 aliphatic carbocycles. The molecular formula is C15H29N3O2. The molecule has 116 valence electrons. The lowest BCUT2D eigenvalue weighted by molar-refractivity contribution is -0.142. The predicted octanol–water partition coefficient (Wildman–Crippen LogP) is 2.72. The van der Waals surface area contributed by atoms with Crippen molar-refractivity contribution in [3.63, 3.8) is 0 Å². The zero-order chi connectivity index (χ0) is 15.4. The molecule has 1 saturated heterocycles. The summed E-state index contributed by atoms with van der Waals surface area (Å²) in [6, 6.07) is 0. The van der Waals surface area contributed by atoms with Crippen LogP contribution in [0.2, 0.25) is 0 Å². The summed E-state index contributed by atoms with van der Waals surface area (Å²) in [6.07, 6.45) is 4.93. The number of hydrogen-bond donors (Lipinski definition) is 2. The minimum Gasteiger partial charge on any atom is -0.409 e. The zero-order valence-electron chi connectivity index (χ0n) is 13.3. The number of oxime groups is 1. The fourth-order valence-corrected chi connectivity index (χ4v) is 3.40. The van der Waals surface area contributed by atoms with E-state index in [1.807, 2.05) is 18.7 Å². The smallest absolute Gasteiger partial charge is 0.236 e. The molecule has 1 heterocycles. The van der Waals surface area contributed by atoms with Gasteiger partial charge >= 0.3 is 0 Å². The SMILES string of the molecule is CCCC(CCC)(C(=O)N1CCCC1(C)C)C(N)=NO. The average molecular weight is 283 g/mol. The first-order valence-electron chi connectivity index (χ1n) is 7.65. The van der Waals surface area contributed by atoms with Gasteiger partial charge in [0.2, 0.25) is 5.91 Å². The molecule has 0 unspecified atom stereocenters. The summed E-state index contributed by atoms with van der Waals surface area (Å²) in [5, 5.41) is 12.3. The molecule has 20 heavy (non-hydrogen) atoms. The van der Waals surface area contributed by atoms with Crippen molar-refractivity contribution in [3.05, 3.63) is 0 Å². The Morgan fingerprint density at radius 1 is 1.35 bits per heavy atom. The van der Waals surface area contributed by atoms with Gasteiger partial charge in [-0.1, -0.05) is 31.8 Å². The van der Waals surface area contributed by atoms with Crippen LogP contribution in [0.3, 0.4) is 0 Å². The van der Waals surface area contributed by atoms with Crippen LogP contribution in [0.25, 0.3) is 0 Å². The van der Waals surface area contributed by atoms with E-state index in [2.05, 4.69) is 19.0 Å². The van der Waals surface area contributed by atoms with E-state index in [1.165, 1.54) is 0 Å². The third-order valence-corrected chi connectivity index (χ3v) is 4.51. The fraction of sp³-hybridized carbons (Fsp3) is 0.867. The van der Waals surface area contributed by atoms with Crippen LogP contribution in [0.5, 0.6) is 0 Å². The molecule has 0 radical (unpaired) electrons. The maximum Gasteiger partial charge on any atom is 0.236 e. The van der Waals surface area contributed by atoms with Crippen molar-refractivity contribution < 1.29 is 10.0 Å². The van der Waals surface area contributed by atoms with Gasteiger partial charge in [-0.15, -0.1) is 0 Å². The Morgan fingerprint density at radius 3 is 2.25 bits per heavy atom. The molecule has 0 spiro atoms. The summed E-state index contributed by atoms with van der Waals surface area (Å²) < 4.78 is 0. The maximum absolute atomic E-state index is 13.1. The molecule has 1 rings (SSSR count). The van der Waals surface area contributed by atoms with Gasteiger partial charge in [0.25, 0.3) is 0 Å². The first-order chi connectivity index (χ1) is 9.35. The highest BCUT2D eigenvalue weighted by Gasteiger charge is 2.48. The van der Waals surface area contributed by atoms with Gasteiger partial charge in [-0.3, -0.25) is 4.79 Å². The van der Waals surface area contributed by atoms with E-state index >= 15 is 0 Å². The van der Waals surface area contributed by atoms with Crippen LogP contribution >= 0.6 is 0 Å². The number of amidine groups is 1. The fourth-order valence-electron chi connectivity index (χ4n) is 3.40. The Bertz CT molecular complexity index is 371. The number of likely N-dealkylation sites (tertiary alicyclic amines) is 1. The lowest BCUT2D eigenvalue weighted by Gasteiger charge is -2.40. The van der Waals surface area contributed by atoms with Gasteiger partial charge in [-0.25, -0.2) is 0 Å². The Labute approximate surface area is 122 Å². The summed E-state index contributed by atoms with van der Waals surface area (Å²) in [4.78, 5) is 15.0.